The number of ether oxygens (including phenoxy) is 1. The monoisotopic (exact) mass is 197 g/mol. The van der Waals surface area contributed by atoms with Crippen LogP contribution in [0, 0.1) is 11.3 Å². The highest BCUT2D eigenvalue weighted by Crippen LogP contribution is 2.02. The second kappa shape index (κ2) is 4.38. The fourth-order valence-corrected chi connectivity index (χ4v) is 0.697. The first-order chi connectivity index (χ1) is 6.24. The lowest BCUT2D eigenvalue weighted by Crippen LogP contribution is -2.08. The van der Waals surface area contributed by atoms with E-state index in [1.165, 1.54) is 12.1 Å². The second-order valence-corrected chi connectivity index (χ2v) is 2.36. The average Bonchev–Trinajstić information content (AvgIpc) is 2.15. The lowest BCUT2D eigenvalue weighted by Gasteiger charge is -1.97. The van der Waals surface area contributed by atoms with Crippen LogP contribution in [-0.2, 0) is 4.74 Å². The number of halogens is 1. The molecular formula is C7H4ClN3O2. The summed E-state index contributed by atoms with van der Waals surface area (Å²) < 4.78 is 4.47. The topological polar surface area (TPSA) is 75.9 Å². The van der Waals surface area contributed by atoms with Crippen molar-refractivity contribution in [3.63, 3.8) is 0 Å². The molecule has 1 rings (SSSR count). The summed E-state index contributed by atoms with van der Waals surface area (Å²) >= 11 is 5.44. The zero-order valence-corrected chi connectivity index (χ0v) is 7.15. The number of hydrogen-bond acceptors (Lipinski definition) is 5. The quantitative estimate of drug-likeness (QED) is 0.656. The Morgan fingerprint density at radius 2 is 2.38 bits per heavy atom. The first kappa shape index (κ1) is 9.42. The number of hydrogen-bond donors (Lipinski definition) is 0. The largest absolute Gasteiger partial charge is 0.445 e. The van der Waals surface area contributed by atoms with E-state index in [2.05, 4.69) is 14.9 Å². The Labute approximate surface area is 78.9 Å². The van der Waals surface area contributed by atoms with E-state index >= 15 is 0 Å². The maximum absolute atomic E-state index is 11.0. The maximum Gasteiger partial charge on any atom is 0.359 e. The van der Waals surface area contributed by atoms with Crippen LogP contribution in [0.2, 0.25) is 5.15 Å². The van der Waals surface area contributed by atoms with Gasteiger partial charge in [0, 0.05) is 0 Å². The molecule has 0 aliphatic heterocycles. The normalized spacial score (nSPS) is 8.92. The Bertz CT molecular complexity index is 344. The van der Waals surface area contributed by atoms with Crippen LogP contribution in [0.15, 0.2) is 12.1 Å². The molecular weight excluding hydrogens is 194 g/mol. The number of aromatic nitrogens is 2. The Kier molecular flexibility index (Phi) is 3.17. The molecule has 0 aromatic carbocycles. The predicted molar refractivity (Wildman–Crippen MR) is 42.9 cm³/mol. The minimum atomic E-state index is -0.689. The van der Waals surface area contributed by atoms with Crippen molar-refractivity contribution in [2.24, 2.45) is 0 Å². The molecule has 66 valence electrons. The van der Waals surface area contributed by atoms with Gasteiger partial charge in [0.15, 0.2) is 17.5 Å². The molecule has 0 atom stereocenters. The number of nitrogens with zero attached hydrogens (tertiary/aromatic N) is 3. The van der Waals surface area contributed by atoms with Crippen LogP contribution in [0.3, 0.4) is 0 Å². The Balaban J connectivity index is 2.68. The van der Waals surface area contributed by atoms with Crippen molar-refractivity contribution in [1.29, 1.82) is 5.26 Å². The van der Waals surface area contributed by atoms with Crippen LogP contribution in [0.1, 0.15) is 10.5 Å². The van der Waals surface area contributed by atoms with Crippen molar-refractivity contribution in [2.45, 2.75) is 0 Å². The molecule has 5 nitrogen and oxygen atoms in total. The third kappa shape index (κ3) is 2.69. The van der Waals surface area contributed by atoms with Crippen LogP contribution in [0.4, 0.5) is 0 Å². The van der Waals surface area contributed by atoms with E-state index in [1.54, 1.807) is 6.07 Å². The molecule has 1 heterocycles. The van der Waals surface area contributed by atoms with Crippen LogP contribution < -0.4 is 0 Å². The van der Waals surface area contributed by atoms with E-state index < -0.39 is 5.97 Å². The summed E-state index contributed by atoms with van der Waals surface area (Å²) in [6.45, 7) is -0.302. The molecule has 13 heavy (non-hydrogen) atoms. The standard InChI is InChI=1S/C7H4ClN3O2/c8-6-2-1-5(10-11-6)7(12)13-4-3-9/h1-2H,4H2. The molecule has 0 saturated heterocycles. The molecule has 0 aliphatic rings. The molecule has 0 unspecified atom stereocenters. The van der Waals surface area contributed by atoms with Crippen LogP contribution in [0.25, 0.3) is 0 Å². The molecule has 0 amide bonds. The summed E-state index contributed by atoms with van der Waals surface area (Å²) in [5.74, 6) is -0.689. The summed E-state index contributed by atoms with van der Waals surface area (Å²) in [6.07, 6.45) is 0. The summed E-state index contributed by atoms with van der Waals surface area (Å²) in [6, 6.07) is 4.45. The van der Waals surface area contributed by atoms with Crippen molar-refractivity contribution < 1.29 is 9.53 Å². The Morgan fingerprint density at radius 1 is 1.62 bits per heavy atom. The fraction of sp³-hybridized carbons (Fsp3) is 0.143. The van der Waals surface area contributed by atoms with Crippen molar-refractivity contribution in [3.05, 3.63) is 23.0 Å². The highest BCUT2D eigenvalue weighted by molar-refractivity contribution is 6.29. The van der Waals surface area contributed by atoms with Gasteiger partial charge in [-0.05, 0) is 12.1 Å². The number of carbonyl (C=O) groups excluding carboxylic acids is 1. The van der Waals surface area contributed by atoms with Crippen LogP contribution in [0.5, 0.6) is 0 Å². The molecule has 0 spiro atoms. The Morgan fingerprint density at radius 3 is 2.92 bits per heavy atom. The van der Waals surface area contributed by atoms with Gasteiger partial charge in [0.2, 0.25) is 0 Å². The molecule has 0 N–H and O–H groups in total. The highest BCUT2D eigenvalue weighted by atomic mass is 35.5. The Hall–Kier alpha value is -1.67. The van der Waals surface area contributed by atoms with Crippen LogP contribution in [-0.4, -0.2) is 22.8 Å². The number of rotatable bonds is 2. The average molecular weight is 198 g/mol. The molecule has 0 fully saturated rings. The molecule has 0 bridgehead atoms. The summed E-state index contributed by atoms with van der Waals surface area (Å²) in [5, 5.41) is 15.2. The van der Waals surface area contributed by atoms with E-state index in [-0.39, 0.29) is 17.5 Å². The first-order valence-corrected chi connectivity index (χ1v) is 3.65. The number of esters is 1. The summed E-state index contributed by atoms with van der Waals surface area (Å²) in [4.78, 5) is 11.0. The first-order valence-electron chi connectivity index (χ1n) is 3.27. The fourth-order valence-electron chi connectivity index (χ4n) is 0.597. The zero-order valence-electron chi connectivity index (χ0n) is 6.40. The van der Waals surface area contributed by atoms with Gasteiger partial charge in [-0.1, -0.05) is 11.6 Å². The van der Waals surface area contributed by atoms with Crippen LogP contribution >= 0.6 is 11.6 Å². The number of carbonyl (C=O) groups is 1. The molecule has 0 radical (unpaired) electrons. The van der Waals surface area contributed by atoms with Gasteiger partial charge in [0.05, 0.1) is 0 Å². The van der Waals surface area contributed by atoms with Crippen molar-refractivity contribution in [1.82, 2.24) is 10.2 Å². The van der Waals surface area contributed by atoms with Gasteiger partial charge >= 0.3 is 5.97 Å². The lowest BCUT2D eigenvalue weighted by molar-refractivity contribution is 0.0547. The van der Waals surface area contributed by atoms with E-state index in [9.17, 15) is 4.79 Å². The minimum absolute atomic E-state index is 0.0275. The van der Waals surface area contributed by atoms with E-state index in [0.29, 0.717) is 0 Å². The summed E-state index contributed by atoms with van der Waals surface area (Å²) in [5.41, 5.74) is 0.0275. The van der Waals surface area contributed by atoms with Gasteiger partial charge in [0.1, 0.15) is 6.07 Å². The van der Waals surface area contributed by atoms with Gasteiger partial charge in [-0.25, -0.2) is 4.79 Å². The van der Waals surface area contributed by atoms with Gasteiger partial charge in [-0.2, -0.15) is 5.26 Å². The predicted octanol–water partition coefficient (Wildman–Crippen LogP) is 0.810. The van der Waals surface area contributed by atoms with E-state index in [4.69, 9.17) is 16.9 Å². The molecule has 0 aliphatic carbocycles. The second-order valence-electron chi connectivity index (χ2n) is 1.98. The molecule has 6 heteroatoms. The van der Waals surface area contributed by atoms with Crippen molar-refractivity contribution >= 4 is 17.6 Å². The summed E-state index contributed by atoms with van der Waals surface area (Å²) in [7, 11) is 0. The zero-order chi connectivity index (χ0) is 9.68. The van der Waals surface area contributed by atoms with Crippen molar-refractivity contribution in [3.8, 4) is 6.07 Å². The highest BCUT2D eigenvalue weighted by Gasteiger charge is 2.08. The van der Waals surface area contributed by atoms with Gasteiger partial charge in [-0.15, -0.1) is 10.2 Å². The smallest absolute Gasteiger partial charge is 0.359 e. The van der Waals surface area contributed by atoms with Gasteiger partial charge in [-0.3, -0.25) is 0 Å². The molecule has 0 saturated carbocycles. The minimum Gasteiger partial charge on any atom is -0.445 e. The van der Waals surface area contributed by atoms with E-state index in [0.717, 1.165) is 0 Å². The lowest BCUT2D eigenvalue weighted by atomic mass is 10.4. The third-order valence-electron chi connectivity index (χ3n) is 1.11. The SMILES string of the molecule is N#CCOC(=O)c1ccc(Cl)nn1. The third-order valence-corrected chi connectivity index (χ3v) is 1.31. The maximum atomic E-state index is 11.0. The van der Waals surface area contributed by atoms with E-state index in [1.807, 2.05) is 0 Å². The van der Waals surface area contributed by atoms with Gasteiger partial charge in [0.25, 0.3) is 0 Å². The molecule has 1 aromatic heterocycles. The molecule has 1 aromatic rings. The van der Waals surface area contributed by atoms with Crippen molar-refractivity contribution in [2.75, 3.05) is 6.61 Å². The van der Waals surface area contributed by atoms with Gasteiger partial charge < -0.3 is 4.74 Å². The number of nitriles is 1.